The van der Waals surface area contributed by atoms with Crippen LogP contribution in [0.3, 0.4) is 0 Å². The monoisotopic (exact) mass is 1620 g/mol. The summed E-state index contributed by atoms with van der Waals surface area (Å²) in [4.78, 5) is 73.5. The molecule has 0 aromatic rings. The van der Waals surface area contributed by atoms with Crippen LogP contribution in [0.15, 0.2) is 0 Å². The second-order valence-corrected chi connectivity index (χ2v) is 36.4. The Kier molecular flexibility index (Phi) is 83.0. The van der Waals surface area contributed by atoms with Crippen molar-refractivity contribution < 1.29 is 80.2 Å². The first kappa shape index (κ1) is 109. The predicted octanol–water partition coefficient (Wildman–Crippen LogP) is 28.7. The smallest absolute Gasteiger partial charge is 0.462 e. The molecule has 3 N–H and O–H groups in total. The molecule has 111 heavy (non-hydrogen) atoms. The Balaban J connectivity index is 5.24. The van der Waals surface area contributed by atoms with Crippen molar-refractivity contribution in [3.05, 3.63) is 0 Å². The Morgan fingerprint density at radius 2 is 0.414 bits per heavy atom. The van der Waals surface area contributed by atoms with Gasteiger partial charge in [-0.15, -0.1) is 0 Å². The number of hydrogen-bond donors (Lipinski definition) is 3. The molecule has 0 saturated heterocycles. The van der Waals surface area contributed by atoms with Gasteiger partial charge in [-0.2, -0.15) is 0 Å². The molecule has 0 rings (SSSR count). The average molecular weight is 1620 g/mol. The topological polar surface area (TPSA) is 237 Å². The highest BCUT2D eigenvalue weighted by Gasteiger charge is 2.31. The fraction of sp³-hybridized carbons (Fsp3) is 0.957. The fourth-order valence-corrected chi connectivity index (χ4v) is 16.1. The minimum atomic E-state index is -4.97. The molecule has 0 spiro atoms. The summed E-state index contributed by atoms with van der Waals surface area (Å²) in [6.45, 7) is 7.44. The Labute approximate surface area is 683 Å². The normalized spacial score (nSPS) is 13.7. The lowest BCUT2D eigenvalue weighted by atomic mass is 10.0. The lowest BCUT2D eigenvalue weighted by molar-refractivity contribution is -0.161. The first-order chi connectivity index (χ1) is 54.0. The van der Waals surface area contributed by atoms with Crippen LogP contribution in [0.4, 0.5) is 0 Å². The van der Waals surface area contributed by atoms with Gasteiger partial charge in [-0.3, -0.25) is 37.3 Å². The fourth-order valence-electron chi connectivity index (χ4n) is 14.5. The largest absolute Gasteiger partial charge is 0.472 e. The number of phosphoric ester groups is 2. The number of aliphatic hydroxyl groups is 1. The molecule has 0 fully saturated rings. The third kappa shape index (κ3) is 85.8. The molecular weight excluding hydrogens is 1440 g/mol. The predicted molar refractivity (Wildman–Crippen MR) is 460 cm³/mol. The van der Waals surface area contributed by atoms with Crippen LogP contribution in [0.5, 0.6) is 0 Å². The molecule has 19 heteroatoms. The van der Waals surface area contributed by atoms with E-state index in [4.69, 9.17) is 37.0 Å². The molecule has 0 aromatic heterocycles. The summed E-state index contributed by atoms with van der Waals surface area (Å²) in [6.07, 6.45) is 80.6. The van der Waals surface area contributed by atoms with E-state index < -0.39 is 97.5 Å². The summed E-state index contributed by atoms with van der Waals surface area (Å²) in [5.41, 5.74) is 0. The van der Waals surface area contributed by atoms with Crippen molar-refractivity contribution in [2.24, 2.45) is 5.92 Å². The van der Waals surface area contributed by atoms with Gasteiger partial charge in [0.05, 0.1) is 26.4 Å². The Bertz CT molecular complexity index is 2100. The molecule has 0 radical (unpaired) electrons. The van der Waals surface area contributed by atoms with Gasteiger partial charge in [0.1, 0.15) is 19.3 Å². The van der Waals surface area contributed by atoms with Crippen molar-refractivity contribution in [3.63, 3.8) is 0 Å². The number of unbranched alkanes of at least 4 members (excludes halogenated alkanes) is 64. The lowest BCUT2D eigenvalue weighted by Gasteiger charge is -2.21. The first-order valence-corrected chi connectivity index (χ1v) is 50.6. The zero-order chi connectivity index (χ0) is 81.1. The molecule has 17 nitrogen and oxygen atoms in total. The van der Waals surface area contributed by atoms with Crippen LogP contribution in [-0.2, 0) is 65.4 Å². The molecule has 0 aliphatic heterocycles. The van der Waals surface area contributed by atoms with Crippen molar-refractivity contribution in [3.8, 4) is 0 Å². The maximum Gasteiger partial charge on any atom is 0.472 e. The molecule has 0 bridgehead atoms. The van der Waals surface area contributed by atoms with Crippen LogP contribution in [0.1, 0.15) is 503 Å². The molecule has 0 aliphatic rings. The van der Waals surface area contributed by atoms with E-state index in [2.05, 4.69) is 34.6 Å². The molecule has 0 amide bonds. The van der Waals surface area contributed by atoms with E-state index in [0.717, 1.165) is 95.8 Å². The summed E-state index contributed by atoms with van der Waals surface area (Å²) in [7, 11) is -9.94. The molecule has 0 aliphatic carbocycles. The minimum Gasteiger partial charge on any atom is -0.462 e. The number of hydrogen-bond acceptors (Lipinski definition) is 15. The minimum absolute atomic E-state index is 0.110. The van der Waals surface area contributed by atoms with Crippen LogP contribution in [0, 0.1) is 5.92 Å². The number of rotatable bonds is 92. The Morgan fingerprint density at radius 3 is 0.613 bits per heavy atom. The van der Waals surface area contributed by atoms with E-state index in [0.29, 0.717) is 25.7 Å². The summed E-state index contributed by atoms with van der Waals surface area (Å²) in [6, 6.07) is 0. The van der Waals surface area contributed by atoms with Crippen LogP contribution in [-0.4, -0.2) is 96.7 Å². The third-order valence-corrected chi connectivity index (χ3v) is 23.7. The molecule has 0 aromatic carbocycles. The van der Waals surface area contributed by atoms with E-state index in [9.17, 15) is 43.2 Å². The number of phosphoric acid groups is 2. The lowest BCUT2D eigenvalue weighted by Crippen LogP contribution is -2.30. The maximum absolute atomic E-state index is 13.2. The van der Waals surface area contributed by atoms with Crippen LogP contribution < -0.4 is 0 Å². The average Bonchev–Trinajstić information content (AvgIpc) is 0.899. The molecular formula is C92H180O17P2. The van der Waals surface area contributed by atoms with E-state index in [1.807, 2.05) is 0 Å². The van der Waals surface area contributed by atoms with E-state index in [1.54, 1.807) is 0 Å². The number of ether oxygens (including phenoxy) is 4. The Hall–Kier alpha value is -1.94. The van der Waals surface area contributed by atoms with E-state index >= 15 is 0 Å². The van der Waals surface area contributed by atoms with Gasteiger partial charge in [0.15, 0.2) is 12.2 Å². The zero-order valence-corrected chi connectivity index (χ0v) is 74.9. The number of esters is 4. The van der Waals surface area contributed by atoms with Crippen LogP contribution in [0.25, 0.3) is 0 Å². The van der Waals surface area contributed by atoms with Gasteiger partial charge in [0.25, 0.3) is 0 Å². The Morgan fingerprint density at radius 1 is 0.243 bits per heavy atom. The molecule has 2 unspecified atom stereocenters. The first-order valence-electron chi connectivity index (χ1n) is 47.6. The van der Waals surface area contributed by atoms with Crippen LogP contribution >= 0.6 is 15.6 Å². The number of carbonyl (C=O) groups excluding carboxylic acids is 4. The van der Waals surface area contributed by atoms with Gasteiger partial charge in [-0.1, -0.05) is 452 Å². The quantitative estimate of drug-likeness (QED) is 0.0222. The van der Waals surface area contributed by atoms with Gasteiger partial charge < -0.3 is 33.8 Å². The summed E-state index contributed by atoms with van der Waals surface area (Å²) in [5, 5.41) is 10.7. The van der Waals surface area contributed by atoms with Gasteiger partial charge in [0, 0.05) is 25.7 Å². The van der Waals surface area contributed by atoms with Crippen molar-refractivity contribution in [2.75, 3.05) is 39.6 Å². The van der Waals surface area contributed by atoms with Gasteiger partial charge in [0.2, 0.25) is 0 Å². The van der Waals surface area contributed by atoms with Crippen molar-refractivity contribution >= 4 is 39.5 Å². The van der Waals surface area contributed by atoms with Gasteiger partial charge in [-0.05, 0) is 31.6 Å². The number of aliphatic hydroxyl groups excluding tert-OH is 1. The van der Waals surface area contributed by atoms with Crippen LogP contribution in [0.2, 0.25) is 0 Å². The van der Waals surface area contributed by atoms with Crippen molar-refractivity contribution in [1.29, 1.82) is 0 Å². The third-order valence-electron chi connectivity index (χ3n) is 21.8. The summed E-state index contributed by atoms with van der Waals surface area (Å²) < 4.78 is 69.1. The molecule has 0 heterocycles. The molecule has 0 saturated carbocycles. The van der Waals surface area contributed by atoms with Gasteiger partial charge >= 0.3 is 39.5 Å². The second-order valence-electron chi connectivity index (χ2n) is 33.5. The summed E-state index contributed by atoms with van der Waals surface area (Å²) in [5.74, 6) is -1.27. The highest BCUT2D eigenvalue weighted by Crippen LogP contribution is 2.45. The van der Waals surface area contributed by atoms with E-state index in [1.165, 1.54) is 327 Å². The maximum atomic E-state index is 13.2. The molecule has 660 valence electrons. The highest BCUT2D eigenvalue weighted by atomic mass is 31.2. The number of carbonyl (C=O) groups is 4. The zero-order valence-electron chi connectivity index (χ0n) is 73.1. The van der Waals surface area contributed by atoms with E-state index in [-0.39, 0.29) is 25.7 Å². The van der Waals surface area contributed by atoms with Gasteiger partial charge in [-0.25, -0.2) is 9.13 Å². The van der Waals surface area contributed by atoms with Crippen molar-refractivity contribution in [2.45, 2.75) is 522 Å². The SMILES string of the molecule is CCCCCCCCCCCCCCCCCCCCCCC(=O)OC[C@H](COP(=O)(O)OC[C@@H](O)COP(=O)(O)OC[C@@H](COC(=O)CCCCCCCCCCCCCC)OC(=O)CCCCCCCCCCCCCCCCCCCC)OC(=O)CCCCCCCCCCCCCCCCCCCCC(C)C. The highest BCUT2D eigenvalue weighted by molar-refractivity contribution is 7.47. The second kappa shape index (κ2) is 84.5. The standard InChI is InChI=1S/C92H180O17P2/c1-6-9-12-15-18-21-24-27-29-31-33-34-39-42-46-51-56-61-66-71-76-90(95)103-82-88(109-92(97)78-73-68-63-58-53-48-44-40-36-35-37-41-45-49-54-59-64-69-74-85(4)5)84-107-111(100,101)105-80-86(93)79-104-110(98,99)106-83-87(81-102-89(94)75-70-65-60-55-50-26-23-20-17-14-11-8-3)108-91(96)77-72-67-62-57-52-47-43-38-32-30-28-25-22-19-16-13-10-7-2/h85-88,93H,6-84H2,1-5H3,(H,98,99)(H,100,101)/t86-,87+,88+/m0/s1. The molecule has 5 atom stereocenters. The summed E-state index contributed by atoms with van der Waals surface area (Å²) >= 11 is 0. The van der Waals surface area contributed by atoms with Crippen molar-refractivity contribution in [1.82, 2.24) is 0 Å².